The lowest BCUT2D eigenvalue weighted by atomic mass is 9.92. The molecule has 0 bridgehead atoms. The smallest absolute Gasteiger partial charge is 0.387 e. The Labute approximate surface area is 201 Å². The lowest BCUT2D eigenvalue weighted by Crippen LogP contribution is -2.24. The fourth-order valence-electron chi connectivity index (χ4n) is 4.49. The largest absolute Gasteiger partial charge is 0.466 e. The average Bonchev–Trinajstić information content (AvgIpc) is 3.13. The van der Waals surface area contributed by atoms with Gasteiger partial charge in [-0.3, -0.25) is 9.59 Å². The Hall–Kier alpha value is -3.19. The molecule has 1 aliphatic rings. The first-order valence-corrected chi connectivity index (χ1v) is 11.5. The number of amides is 1. The Morgan fingerprint density at radius 2 is 1.88 bits per heavy atom. The number of anilines is 1. The molecule has 0 aromatic heterocycles. The van der Waals surface area contributed by atoms with Gasteiger partial charge in [-0.25, -0.2) is 0 Å². The van der Waals surface area contributed by atoms with E-state index < -0.39 is 12.5 Å². The monoisotopic (exact) mass is 487 g/mol. The topological polar surface area (TPSA) is 55.8 Å². The van der Waals surface area contributed by atoms with Crippen molar-refractivity contribution in [2.45, 2.75) is 46.3 Å². The van der Waals surface area contributed by atoms with Gasteiger partial charge in [-0.2, -0.15) is 8.78 Å². The van der Waals surface area contributed by atoms with Gasteiger partial charge in [-0.15, -0.1) is 0 Å². The number of rotatable bonds is 8. The van der Waals surface area contributed by atoms with Crippen molar-refractivity contribution in [3.05, 3.63) is 69.7 Å². The first-order chi connectivity index (χ1) is 16.3. The summed E-state index contributed by atoms with van der Waals surface area (Å²) in [4.78, 5) is 26.8. The molecule has 1 heterocycles. The van der Waals surface area contributed by atoms with Crippen LogP contribution in [-0.2, 0) is 28.9 Å². The van der Waals surface area contributed by atoms with Gasteiger partial charge in [0.05, 0.1) is 35.8 Å². The van der Waals surface area contributed by atoms with Gasteiger partial charge < -0.3 is 14.4 Å². The number of nitrogens with zero attached hydrogens (tertiary/aromatic N) is 1. The van der Waals surface area contributed by atoms with Gasteiger partial charge in [0, 0.05) is 5.39 Å². The zero-order valence-electron chi connectivity index (χ0n) is 18.9. The summed E-state index contributed by atoms with van der Waals surface area (Å²) in [5.74, 6) is -0.933. The third-order valence-corrected chi connectivity index (χ3v) is 6.13. The van der Waals surface area contributed by atoms with Crippen molar-refractivity contribution in [1.29, 1.82) is 0 Å². The summed E-state index contributed by atoms with van der Waals surface area (Å²) in [6.07, 6.45) is 1.56. The quantitative estimate of drug-likeness (QED) is 0.349. The van der Waals surface area contributed by atoms with E-state index >= 15 is 0 Å². The average molecular weight is 488 g/mol. The molecule has 0 saturated carbocycles. The fourth-order valence-corrected chi connectivity index (χ4v) is 4.80. The third-order valence-electron chi connectivity index (χ3n) is 5.83. The van der Waals surface area contributed by atoms with Crippen LogP contribution < -0.4 is 9.64 Å². The van der Waals surface area contributed by atoms with Crippen LogP contribution in [0, 0.1) is 0 Å². The zero-order chi connectivity index (χ0) is 24.4. The highest BCUT2D eigenvalue weighted by Crippen LogP contribution is 2.44. The van der Waals surface area contributed by atoms with E-state index in [0.29, 0.717) is 28.6 Å². The maximum Gasteiger partial charge on any atom is 0.387 e. The van der Waals surface area contributed by atoms with Crippen LogP contribution in [0.3, 0.4) is 0 Å². The second-order valence-electron chi connectivity index (χ2n) is 7.99. The summed E-state index contributed by atoms with van der Waals surface area (Å²) in [5, 5.41) is 1.56. The maximum absolute atomic E-state index is 13.6. The van der Waals surface area contributed by atoms with E-state index in [9.17, 15) is 18.4 Å². The van der Waals surface area contributed by atoms with Crippen molar-refractivity contribution in [1.82, 2.24) is 0 Å². The van der Waals surface area contributed by atoms with Crippen LogP contribution >= 0.6 is 11.6 Å². The van der Waals surface area contributed by atoms with E-state index in [1.807, 2.05) is 19.1 Å². The molecule has 0 N–H and O–H groups in total. The first kappa shape index (κ1) is 24.0. The second kappa shape index (κ2) is 9.97. The highest BCUT2D eigenvalue weighted by Gasteiger charge is 2.37. The van der Waals surface area contributed by atoms with E-state index in [0.717, 1.165) is 17.4 Å². The number of alkyl halides is 2. The van der Waals surface area contributed by atoms with Gasteiger partial charge >= 0.3 is 12.6 Å². The van der Waals surface area contributed by atoms with Gasteiger partial charge in [-0.05, 0) is 47.6 Å². The summed E-state index contributed by atoms with van der Waals surface area (Å²) in [7, 11) is 0. The van der Waals surface area contributed by atoms with Crippen LogP contribution in [0.1, 0.15) is 47.3 Å². The molecule has 8 heteroatoms. The Morgan fingerprint density at radius 1 is 1.15 bits per heavy atom. The van der Waals surface area contributed by atoms with Crippen LogP contribution in [0.5, 0.6) is 5.75 Å². The number of ether oxygens (including phenoxy) is 2. The molecule has 1 aliphatic heterocycles. The second-order valence-corrected chi connectivity index (χ2v) is 8.40. The van der Waals surface area contributed by atoms with Gasteiger partial charge in [0.15, 0.2) is 0 Å². The number of aryl methyl sites for hydroxylation is 1. The highest BCUT2D eigenvalue weighted by molar-refractivity contribution is 6.34. The number of fused-ring (bicyclic) bond motifs is 2. The normalized spacial score (nSPS) is 13.0. The van der Waals surface area contributed by atoms with E-state index in [-0.39, 0.29) is 41.9 Å². The van der Waals surface area contributed by atoms with Crippen molar-refractivity contribution < 1.29 is 27.8 Å². The van der Waals surface area contributed by atoms with Gasteiger partial charge in [0.25, 0.3) is 5.91 Å². The van der Waals surface area contributed by atoms with Crippen LogP contribution in [0.4, 0.5) is 14.5 Å². The summed E-state index contributed by atoms with van der Waals surface area (Å²) in [5.41, 5.74) is 2.85. The molecule has 0 spiro atoms. The number of esters is 1. The highest BCUT2D eigenvalue weighted by atomic mass is 35.5. The summed E-state index contributed by atoms with van der Waals surface area (Å²) < 4.78 is 36.6. The van der Waals surface area contributed by atoms with E-state index in [1.54, 1.807) is 37.3 Å². The number of hydrogen-bond acceptors (Lipinski definition) is 4. The molecule has 0 aliphatic carbocycles. The molecular weight excluding hydrogens is 464 g/mol. The number of carbonyl (C=O) groups excluding carboxylic acids is 2. The molecule has 4 rings (SSSR count). The molecule has 0 radical (unpaired) electrons. The zero-order valence-corrected chi connectivity index (χ0v) is 19.6. The molecule has 5 nitrogen and oxygen atoms in total. The summed E-state index contributed by atoms with van der Waals surface area (Å²) >= 11 is 6.51. The van der Waals surface area contributed by atoms with Gasteiger partial charge in [-0.1, -0.05) is 55.3 Å². The van der Waals surface area contributed by atoms with Gasteiger partial charge in [0.1, 0.15) is 5.75 Å². The minimum absolute atomic E-state index is 0.0560. The molecule has 3 aromatic carbocycles. The van der Waals surface area contributed by atoms with Gasteiger partial charge in [0.2, 0.25) is 0 Å². The van der Waals surface area contributed by atoms with Crippen molar-refractivity contribution in [2.75, 3.05) is 11.5 Å². The third kappa shape index (κ3) is 4.44. The minimum Gasteiger partial charge on any atom is -0.466 e. The number of carbonyl (C=O) groups is 2. The Morgan fingerprint density at radius 3 is 2.53 bits per heavy atom. The molecule has 3 aromatic rings. The number of halogens is 3. The van der Waals surface area contributed by atoms with E-state index in [1.165, 1.54) is 4.90 Å². The van der Waals surface area contributed by atoms with E-state index in [4.69, 9.17) is 21.1 Å². The Bertz CT molecular complexity index is 1260. The lowest BCUT2D eigenvalue weighted by molar-refractivity contribution is -0.142. The SMILES string of the molecule is CCCc1c2c(c(OC(F)F)c3ccccc13)C(=O)N(c1ccc(CC(=O)OCC)cc1Cl)C2. The predicted octanol–water partition coefficient (Wildman–Crippen LogP) is 6.31. The predicted molar refractivity (Wildman–Crippen MR) is 127 cm³/mol. The fraction of sp³-hybridized carbons (Fsp3) is 0.308. The lowest BCUT2D eigenvalue weighted by Gasteiger charge is -2.18. The molecule has 1 amide bonds. The Kier molecular flexibility index (Phi) is 7.03. The molecule has 34 heavy (non-hydrogen) atoms. The number of benzene rings is 3. The standard InChI is InChI=1S/C26H24ClF2NO4/c1-3-7-16-17-8-5-6-9-18(17)24(34-26(28)29)23-19(16)14-30(25(23)32)21-11-10-15(12-20(21)27)13-22(31)33-4-2/h5-6,8-12,26H,3-4,7,13-14H2,1-2H3. The minimum atomic E-state index is -3.07. The van der Waals surface area contributed by atoms with Crippen molar-refractivity contribution in [3.8, 4) is 5.75 Å². The van der Waals surface area contributed by atoms with E-state index in [2.05, 4.69) is 0 Å². The van der Waals surface area contributed by atoms with Crippen LogP contribution in [0.15, 0.2) is 42.5 Å². The summed E-state index contributed by atoms with van der Waals surface area (Å²) in [6, 6.07) is 12.1. The van der Waals surface area contributed by atoms with Crippen molar-refractivity contribution >= 4 is 39.9 Å². The molecule has 0 atom stereocenters. The first-order valence-electron chi connectivity index (χ1n) is 11.1. The molecule has 0 unspecified atom stereocenters. The molecule has 0 fully saturated rings. The van der Waals surface area contributed by atoms with Crippen LogP contribution in [-0.4, -0.2) is 25.1 Å². The van der Waals surface area contributed by atoms with Crippen LogP contribution in [0.2, 0.25) is 5.02 Å². The molecule has 0 saturated heterocycles. The van der Waals surface area contributed by atoms with Crippen LogP contribution in [0.25, 0.3) is 10.8 Å². The molecule has 178 valence electrons. The molecular formula is C26H24ClF2NO4. The van der Waals surface area contributed by atoms with Crippen molar-refractivity contribution in [2.24, 2.45) is 0 Å². The summed E-state index contributed by atoms with van der Waals surface area (Å²) in [6.45, 7) is 1.15. The van der Waals surface area contributed by atoms with Crippen molar-refractivity contribution in [3.63, 3.8) is 0 Å². The number of hydrogen-bond donors (Lipinski definition) is 0. The maximum atomic E-state index is 13.6. The Balaban J connectivity index is 1.80.